The quantitative estimate of drug-likeness (QED) is 0.389. The summed E-state index contributed by atoms with van der Waals surface area (Å²) in [5.41, 5.74) is -0.830. The Kier molecular flexibility index (Phi) is 8.92. The molecule has 0 atom stereocenters. The number of benzene rings is 2. The zero-order valence-corrected chi connectivity index (χ0v) is 22.0. The predicted octanol–water partition coefficient (Wildman–Crippen LogP) is 6.79. The van der Waals surface area contributed by atoms with Crippen molar-refractivity contribution in [2.75, 3.05) is 36.2 Å². The van der Waals surface area contributed by atoms with Crippen molar-refractivity contribution in [1.82, 2.24) is 9.21 Å². The van der Waals surface area contributed by atoms with Crippen LogP contribution < -0.4 is 10.0 Å². The molecule has 13 heteroatoms. The van der Waals surface area contributed by atoms with Crippen LogP contribution in [0.1, 0.15) is 36.7 Å². The largest absolute Gasteiger partial charge is 0.444 e. The highest BCUT2D eigenvalue weighted by Crippen LogP contribution is 2.34. The number of rotatable bonds is 5. The van der Waals surface area contributed by atoms with Gasteiger partial charge >= 0.3 is 12.3 Å². The molecule has 0 unspecified atom stereocenters. The van der Waals surface area contributed by atoms with Crippen LogP contribution in [-0.2, 0) is 10.9 Å². The van der Waals surface area contributed by atoms with Gasteiger partial charge in [0.05, 0.1) is 27.5 Å². The van der Waals surface area contributed by atoms with Gasteiger partial charge in [-0.3, -0.25) is 4.79 Å². The summed E-state index contributed by atoms with van der Waals surface area (Å²) in [6, 6.07) is 7.35. The molecule has 1 heterocycles. The molecule has 0 saturated carbocycles. The molecule has 0 spiro atoms. The van der Waals surface area contributed by atoms with Gasteiger partial charge < -0.3 is 19.7 Å². The topological polar surface area (TPSA) is 73.9 Å². The van der Waals surface area contributed by atoms with Crippen molar-refractivity contribution in [2.24, 2.45) is 0 Å². The number of carbonyl (C=O) groups is 2. The average molecular weight is 565 g/mol. The van der Waals surface area contributed by atoms with E-state index in [4.69, 9.17) is 27.9 Å². The smallest absolute Gasteiger partial charge is 0.416 e. The zero-order chi connectivity index (χ0) is 26.7. The van der Waals surface area contributed by atoms with E-state index in [1.807, 2.05) is 25.1 Å². The number of ether oxygens (including phenoxy) is 1. The van der Waals surface area contributed by atoms with E-state index < -0.39 is 23.2 Å². The van der Waals surface area contributed by atoms with Crippen LogP contribution in [-0.4, -0.2) is 53.0 Å². The number of carbonyl (C=O) groups excluding carboxylic acids is 2. The molecule has 3 rings (SSSR count). The van der Waals surface area contributed by atoms with Crippen molar-refractivity contribution in [3.05, 3.63) is 57.6 Å². The molecular formula is C23H25Cl2F3N4O3S. The molecule has 1 aliphatic rings. The zero-order valence-electron chi connectivity index (χ0n) is 19.7. The van der Waals surface area contributed by atoms with Gasteiger partial charge in [0.1, 0.15) is 5.60 Å². The summed E-state index contributed by atoms with van der Waals surface area (Å²) in [7, 11) is 0. The third kappa shape index (κ3) is 7.83. The van der Waals surface area contributed by atoms with E-state index >= 15 is 0 Å². The van der Waals surface area contributed by atoms with E-state index in [0.29, 0.717) is 36.9 Å². The Morgan fingerprint density at radius 2 is 1.61 bits per heavy atom. The van der Waals surface area contributed by atoms with Gasteiger partial charge in [-0.05, 0) is 57.2 Å². The summed E-state index contributed by atoms with van der Waals surface area (Å²) in [4.78, 5) is 26.8. The Morgan fingerprint density at radius 3 is 2.19 bits per heavy atom. The summed E-state index contributed by atoms with van der Waals surface area (Å²) in [5, 5.41) is 2.59. The molecule has 2 N–H and O–H groups in total. The normalized spacial score (nSPS) is 14.9. The Bertz CT molecular complexity index is 1120. The monoisotopic (exact) mass is 564 g/mol. The van der Waals surface area contributed by atoms with Crippen molar-refractivity contribution in [1.29, 1.82) is 0 Å². The Balaban J connectivity index is 1.62. The third-order valence-electron chi connectivity index (χ3n) is 4.95. The van der Waals surface area contributed by atoms with E-state index in [-0.39, 0.29) is 22.4 Å². The van der Waals surface area contributed by atoms with Crippen LogP contribution in [0.5, 0.6) is 0 Å². The van der Waals surface area contributed by atoms with Crippen molar-refractivity contribution in [3.8, 4) is 0 Å². The van der Waals surface area contributed by atoms with Gasteiger partial charge in [-0.25, -0.2) is 9.10 Å². The highest BCUT2D eigenvalue weighted by molar-refractivity contribution is 7.98. The van der Waals surface area contributed by atoms with Crippen LogP contribution in [0.2, 0.25) is 10.0 Å². The minimum Gasteiger partial charge on any atom is -0.444 e. The fraction of sp³-hybridized carbons (Fsp3) is 0.391. The molecule has 1 fully saturated rings. The van der Waals surface area contributed by atoms with Gasteiger partial charge in [-0.15, -0.1) is 0 Å². The molecule has 0 aliphatic carbocycles. The van der Waals surface area contributed by atoms with Crippen molar-refractivity contribution in [2.45, 2.75) is 32.5 Å². The second-order valence-electron chi connectivity index (χ2n) is 8.93. The van der Waals surface area contributed by atoms with Crippen LogP contribution in [0.4, 0.5) is 29.3 Å². The fourth-order valence-corrected chi connectivity index (χ4v) is 4.33. The van der Waals surface area contributed by atoms with Gasteiger partial charge in [0.25, 0.3) is 5.91 Å². The molecule has 0 aromatic heterocycles. The summed E-state index contributed by atoms with van der Waals surface area (Å²) in [6.45, 7) is 7.51. The first kappa shape index (κ1) is 28.2. The summed E-state index contributed by atoms with van der Waals surface area (Å²) >= 11 is 13.3. The number of alkyl halides is 3. The number of amides is 2. The van der Waals surface area contributed by atoms with Crippen molar-refractivity contribution >= 4 is 58.7 Å². The van der Waals surface area contributed by atoms with Gasteiger partial charge in [-0.1, -0.05) is 23.2 Å². The molecule has 196 valence electrons. The minimum absolute atomic E-state index is 0.0338. The Labute approximate surface area is 221 Å². The standard InChI is InChI=1S/C23H25Cl2F3N4O3S/c1-22(2,3)35-21(34)31-8-10-32(11-9-31)36-30-18-7-5-15(24)13-16(18)20(33)29-19-6-4-14(12-17(19)25)23(26,27)28/h4-7,12-13,30H,8-11H2,1-3H3,(H,29,33). The number of hydrogen-bond donors (Lipinski definition) is 2. The summed E-state index contributed by atoms with van der Waals surface area (Å²) in [6.07, 6.45) is -4.91. The van der Waals surface area contributed by atoms with Gasteiger partial charge in [0.2, 0.25) is 0 Å². The molecule has 0 bridgehead atoms. The molecule has 2 aromatic carbocycles. The van der Waals surface area contributed by atoms with E-state index in [9.17, 15) is 22.8 Å². The molecule has 36 heavy (non-hydrogen) atoms. The Morgan fingerprint density at radius 1 is 0.972 bits per heavy atom. The number of anilines is 2. The van der Waals surface area contributed by atoms with E-state index in [1.54, 1.807) is 17.0 Å². The number of hydrogen-bond acceptors (Lipinski definition) is 6. The highest BCUT2D eigenvalue weighted by atomic mass is 35.5. The molecule has 7 nitrogen and oxygen atoms in total. The van der Waals surface area contributed by atoms with E-state index in [0.717, 1.165) is 18.2 Å². The molecular weight excluding hydrogens is 540 g/mol. The van der Waals surface area contributed by atoms with Crippen LogP contribution in [0.15, 0.2) is 36.4 Å². The van der Waals surface area contributed by atoms with Crippen LogP contribution in [0, 0.1) is 0 Å². The summed E-state index contributed by atoms with van der Waals surface area (Å²) < 4.78 is 49.2. The first-order chi connectivity index (χ1) is 16.7. The van der Waals surface area contributed by atoms with Crippen molar-refractivity contribution < 1.29 is 27.5 Å². The molecule has 2 aromatic rings. The fourth-order valence-electron chi connectivity index (χ4n) is 3.18. The lowest BCUT2D eigenvalue weighted by molar-refractivity contribution is -0.137. The highest BCUT2D eigenvalue weighted by Gasteiger charge is 2.31. The van der Waals surface area contributed by atoms with Gasteiger partial charge in [0.15, 0.2) is 0 Å². The third-order valence-corrected chi connectivity index (χ3v) is 6.43. The SMILES string of the molecule is CC(C)(C)OC(=O)N1CCN(SNc2ccc(Cl)cc2C(=O)Nc2ccc(C(F)(F)F)cc2Cl)CC1. The summed E-state index contributed by atoms with van der Waals surface area (Å²) in [5.74, 6) is -0.600. The maximum atomic E-state index is 12.9. The maximum absolute atomic E-state index is 12.9. The van der Waals surface area contributed by atoms with E-state index in [1.165, 1.54) is 18.2 Å². The number of nitrogens with one attached hydrogen (secondary N) is 2. The maximum Gasteiger partial charge on any atom is 0.416 e. The number of piperazine rings is 1. The first-order valence-electron chi connectivity index (χ1n) is 10.9. The molecule has 1 aliphatic heterocycles. The van der Waals surface area contributed by atoms with Gasteiger partial charge in [0, 0.05) is 43.3 Å². The minimum atomic E-state index is -4.55. The lowest BCUT2D eigenvalue weighted by Gasteiger charge is -2.34. The van der Waals surface area contributed by atoms with Gasteiger partial charge in [-0.2, -0.15) is 13.2 Å². The van der Waals surface area contributed by atoms with Crippen LogP contribution in [0.3, 0.4) is 0 Å². The second-order valence-corrected chi connectivity index (χ2v) is 10.7. The van der Waals surface area contributed by atoms with E-state index in [2.05, 4.69) is 10.0 Å². The lowest BCUT2D eigenvalue weighted by atomic mass is 10.1. The lowest BCUT2D eigenvalue weighted by Crippen LogP contribution is -2.48. The van der Waals surface area contributed by atoms with Crippen LogP contribution >= 0.6 is 35.3 Å². The van der Waals surface area contributed by atoms with Crippen molar-refractivity contribution in [3.63, 3.8) is 0 Å². The number of halogens is 5. The Hall–Kier alpha value is -2.34. The number of nitrogens with zero attached hydrogens (tertiary/aromatic N) is 2. The second kappa shape index (κ2) is 11.4. The molecule has 1 saturated heterocycles. The average Bonchev–Trinajstić information content (AvgIpc) is 2.78. The molecule has 0 radical (unpaired) electrons. The molecule has 2 amide bonds. The first-order valence-corrected chi connectivity index (χ1v) is 12.4. The van der Waals surface area contributed by atoms with Crippen LogP contribution in [0.25, 0.3) is 0 Å². The predicted molar refractivity (Wildman–Crippen MR) is 136 cm³/mol.